The molecule has 5 heteroatoms. The summed E-state index contributed by atoms with van der Waals surface area (Å²) in [6, 6.07) is 2.08. The van der Waals surface area contributed by atoms with Crippen molar-refractivity contribution in [3.05, 3.63) is 22.9 Å². The molecular weight excluding hydrogens is 240 g/mol. The van der Waals surface area contributed by atoms with Crippen molar-refractivity contribution in [2.75, 3.05) is 31.2 Å². The highest BCUT2D eigenvalue weighted by Crippen LogP contribution is 2.27. The third kappa shape index (κ3) is 2.42. The number of rotatable bonds is 2. The van der Waals surface area contributed by atoms with Gasteiger partial charge in [-0.2, -0.15) is 0 Å². The summed E-state index contributed by atoms with van der Waals surface area (Å²) in [5.74, 6) is 0.985. The van der Waals surface area contributed by atoms with Gasteiger partial charge in [0.2, 0.25) is 0 Å². The van der Waals surface area contributed by atoms with Crippen LogP contribution in [0.25, 0.3) is 0 Å². The van der Waals surface area contributed by atoms with Gasteiger partial charge in [-0.25, -0.2) is 4.98 Å². The lowest BCUT2D eigenvalue weighted by Gasteiger charge is -2.30. The zero-order valence-electron chi connectivity index (χ0n) is 11.1. The van der Waals surface area contributed by atoms with Gasteiger partial charge in [-0.05, 0) is 37.3 Å². The lowest BCUT2D eigenvalue weighted by atomic mass is 9.94. The van der Waals surface area contributed by atoms with Crippen LogP contribution in [0.15, 0.2) is 6.07 Å². The number of nitrogens with zero attached hydrogens (tertiary/aromatic N) is 2. The van der Waals surface area contributed by atoms with Gasteiger partial charge in [-0.15, -0.1) is 0 Å². The van der Waals surface area contributed by atoms with Crippen LogP contribution in [-0.2, 0) is 17.6 Å². The van der Waals surface area contributed by atoms with E-state index in [4.69, 9.17) is 20.9 Å². The normalized spacial score (nSPS) is 19.1. The molecule has 3 rings (SSSR count). The number of amidine groups is 1. The molecule has 5 nitrogen and oxygen atoms in total. The van der Waals surface area contributed by atoms with Crippen molar-refractivity contribution in [3.8, 4) is 0 Å². The molecule has 0 unspecified atom stereocenters. The fraction of sp³-hybridized carbons (Fsp3) is 0.571. The monoisotopic (exact) mass is 260 g/mol. The number of aryl methyl sites for hydroxylation is 2. The molecule has 1 aliphatic carbocycles. The molecule has 19 heavy (non-hydrogen) atoms. The Kier molecular flexibility index (Phi) is 3.38. The minimum atomic E-state index is 0.113. The third-order valence-electron chi connectivity index (χ3n) is 3.88. The van der Waals surface area contributed by atoms with Crippen molar-refractivity contribution < 1.29 is 4.74 Å². The summed E-state index contributed by atoms with van der Waals surface area (Å²) in [5, 5.41) is 7.79. The Labute approximate surface area is 113 Å². The minimum Gasteiger partial charge on any atom is -0.384 e. The van der Waals surface area contributed by atoms with E-state index < -0.39 is 0 Å². The summed E-state index contributed by atoms with van der Waals surface area (Å²) in [6.07, 6.45) is 4.53. The maximum atomic E-state index is 7.79. The van der Waals surface area contributed by atoms with E-state index in [9.17, 15) is 0 Å². The summed E-state index contributed by atoms with van der Waals surface area (Å²) in [6.45, 7) is 3.09. The molecule has 2 heterocycles. The molecular formula is C14H20N4O. The van der Waals surface area contributed by atoms with Gasteiger partial charge in [0.15, 0.2) is 0 Å². The van der Waals surface area contributed by atoms with Crippen LogP contribution in [0.1, 0.15) is 29.7 Å². The molecule has 2 aliphatic rings. The predicted molar refractivity (Wildman–Crippen MR) is 74.9 cm³/mol. The van der Waals surface area contributed by atoms with Crippen LogP contribution in [0.5, 0.6) is 0 Å². The van der Waals surface area contributed by atoms with Crippen molar-refractivity contribution >= 4 is 11.7 Å². The molecule has 1 aliphatic heterocycles. The summed E-state index contributed by atoms with van der Waals surface area (Å²) >= 11 is 0. The summed E-state index contributed by atoms with van der Waals surface area (Å²) in [7, 11) is 0. The van der Waals surface area contributed by atoms with Crippen LogP contribution in [0.3, 0.4) is 0 Å². The number of fused-ring (bicyclic) bond motifs is 1. The van der Waals surface area contributed by atoms with Gasteiger partial charge in [0, 0.05) is 18.8 Å². The van der Waals surface area contributed by atoms with Crippen LogP contribution in [-0.4, -0.2) is 37.1 Å². The van der Waals surface area contributed by atoms with Crippen molar-refractivity contribution in [2.24, 2.45) is 5.73 Å². The van der Waals surface area contributed by atoms with Gasteiger partial charge >= 0.3 is 0 Å². The van der Waals surface area contributed by atoms with E-state index >= 15 is 0 Å². The molecule has 1 aromatic heterocycles. The molecule has 0 aromatic carbocycles. The first-order valence-corrected chi connectivity index (χ1v) is 6.95. The topological polar surface area (TPSA) is 75.2 Å². The quantitative estimate of drug-likeness (QED) is 0.616. The molecule has 3 N–H and O–H groups in total. The fourth-order valence-corrected chi connectivity index (χ4v) is 2.84. The van der Waals surface area contributed by atoms with Crippen molar-refractivity contribution in [1.29, 1.82) is 5.41 Å². The summed E-state index contributed by atoms with van der Waals surface area (Å²) < 4.78 is 5.38. The second-order valence-corrected chi connectivity index (χ2v) is 5.19. The molecule has 0 saturated carbocycles. The Morgan fingerprint density at radius 2 is 2.00 bits per heavy atom. The highest BCUT2D eigenvalue weighted by molar-refractivity contribution is 5.99. The summed E-state index contributed by atoms with van der Waals surface area (Å²) in [4.78, 5) is 7.00. The van der Waals surface area contributed by atoms with Crippen LogP contribution < -0.4 is 10.6 Å². The molecule has 0 bridgehead atoms. The van der Waals surface area contributed by atoms with E-state index in [1.807, 2.05) is 0 Å². The van der Waals surface area contributed by atoms with E-state index in [0.29, 0.717) is 0 Å². The second-order valence-electron chi connectivity index (χ2n) is 5.19. The van der Waals surface area contributed by atoms with Crippen LogP contribution in [0, 0.1) is 5.41 Å². The highest BCUT2D eigenvalue weighted by atomic mass is 16.5. The van der Waals surface area contributed by atoms with Crippen LogP contribution >= 0.6 is 0 Å². The Morgan fingerprint density at radius 1 is 1.26 bits per heavy atom. The first kappa shape index (κ1) is 12.4. The van der Waals surface area contributed by atoms with Crippen LogP contribution in [0.2, 0.25) is 0 Å². The number of anilines is 1. The van der Waals surface area contributed by atoms with E-state index in [1.54, 1.807) is 0 Å². The molecule has 0 spiro atoms. The number of ether oxygens (including phenoxy) is 1. The largest absolute Gasteiger partial charge is 0.384 e. The van der Waals surface area contributed by atoms with Gasteiger partial charge in [0.05, 0.1) is 18.8 Å². The fourth-order valence-electron chi connectivity index (χ4n) is 2.84. The van der Waals surface area contributed by atoms with Gasteiger partial charge in [0.1, 0.15) is 11.7 Å². The van der Waals surface area contributed by atoms with Crippen molar-refractivity contribution in [2.45, 2.75) is 25.7 Å². The third-order valence-corrected chi connectivity index (χ3v) is 3.88. The Hall–Kier alpha value is -1.62. The zero-order valence-corrected chi connectivity index (χ0v) is 11.1. The van der Waals surface area contributed by atoms with Crippen molar-refractivity contribution in [3.63, 3.8) is 0 Å². The Bertz CT molecular complexity index is 494. The van der Waals surface area contributed by atoms with Crippen molar-refractivity contribution in [1.82, 2.24) is 4.98 Å². The van der Waals surface area contributed by atoms with E-state index in [0.717, 1.165) is 50.5 Å². The van der Waals surface area contributed by atoms with E-state index in [1.165, 1.54) is 24.1 Å². The first-order chi connectivity index (χ1) is 9.25. The van der Waals surface area contributed by atoms with E-state index in [-0.39, 0.29) is 5.84 Å². The predicted octanol–water partition coefficient (Wildman–Crippen LogP) is 1.08. The van der Waals surface area contributed by atoms with E-state index in [2.05, 4.69) is 11.0 Å². The average molecular weight is 260 g/mol. The lowest BCUT2D eigenvalue weighted by molar-refractivity contribution is 0.122. The number of nitrogen functional groups attached to an aromatic ring is 1. The number of pyridine rings is 1. The second kappa shape index (κ2) is 5.17. The number of aromatic nitrogens is 1. The number of nitrogens with two attached hydrogens (primary N) is 1. The van der Waals surface area contributed by atoms with Gasteiger partial charge in [-0.3, -0.25) is 5.41 Å². The number of morpholine rings is 1. The number of nitrogens with one attached hydrogen (secondary N) is 1. The average Bonchev–Trinajstić information content (AvgIpc) is 2.46. The maximum Gasteiger partial charge on any atom is 0.140 e. The molecule has 1 aromatic rings. The molecule has 1 saturated heterocycles. The Morgan fingerprint density at radius 3 is 2.74 bits per heavy atom. The smallest absolute Gasteiger partial charge is 0.140 e. The molecule has 0 atom stereocenters. The van der Waals surface area contributed by atoms with Gasteiger partial charge < -0.3 is 15.4 Å². The molecule has 102 valence electrons. The number of hydrogen-bond donors (Lipinski definition) is 2. The molecule has 0 radical (unpaired) electrons. The standard InChI is InChI=1S/C14H20N4O/c15-13(16)11-9-10-3-1-2-4-12(10)17-14(11)18-5-7-19-8-6-18/h9H,1-8H2,(H3,15,16). The lowest BCUT2D eigenvalue weighted by Crippen LogP contribution is -2.38. The van der Waals surface area contributed by atoms with Crippen LogP contribution in [0.4, 0.5) is 5.82 Å². The minimum absolute atomic E-state index is 0.113. The molecule has 1 fully saturated rings. The molecule has 0 amide bonds. The number of hydrogen-bond acceptors (Lipinski definition) is 4. The maximum absolute atomic E-state index is 7.79. The Balaban J connectivity index is 2.02. The summed E-state index contributed by atoms with van der Waals surface area (Å²) in [5.41, 5.74) is 8.98. The van der Waals surface area contributed by atoms with Gasteiger partial charge in [0.25, 0.3) is 0 Å². The first-order valence-electron chi connectivity index (χ1n) is 6.95. The highest BCUT2D eigenvalue weighted by Gasteiger charge is 2.21. The SMILES string of the molecule is N=C(N)c1cc2c(nc1N1CCOCC1)CCCC2. The van der Waals surface area contributed by atoms with Gasteiger partial charge in [-0.1, -0.05) is 0 Å². The zero-order chi connectivity index (χ0) is 13.2.